The van der Waals surface area contributed by atoms with Crippen LogP contribution >= 0.6 is 0 Å². The first kappa shape index (κ1) is 14.3. The molecule has 0 amide bonds. The molecule has 0 aliphatic heterocycles. The van der Waals surface area contributed by atoms with Gasteiger partial charge in [-0.05, 0) is 20.9 Å². The van der Waals surface area contributed by atoms with Crippen molar-refractivity contribution in [3.63, 3.8) is 0 Å². The lowest BCUT2D eigenvalue weighted by Crippen LogP contribution is -2.52. The van der Waals surface area contributed by atoms with Gasteiger partial charge in [-0.15, -0.1) is 0 Å². The normalized spacial score (nSPS) is 14.7. The molecule has 0 rings (SSSR count). The standard InChI is InChI=1S/C10H21NO4/c1-5-15-9(12)10(2,11-3)8-14-7-6-13-4/h11H,5-8H2,1-4H3. The van der Waals surface area contributed by atoms with E-state index in [-0.39, 0.29) is 12.6 Å². The first-order valence-corrected chi connectivity index (χ1v) is 5.03. The molecule has 0 aliphatic carbocycles. The number of hydrogen-bond donors (Lipinski definition) is 1. The van der Waals surface area contributed by atoms with Crippen molar-refractivity contribution in [2.24, 2.45) is 0 Å². The van der Waals surface area contributed by atoms with Crippen LogP contribution in [0.2, 0.25) is 0 Å². The molecule has 5 heteroatoms. The van der Waals surface area contributed by atoms with Gasteiger partial charge in [-0.25, -0.2) is 4.79 Å². The Labute approximate surface area is 91.1 Å². The van der Waals surface area contributed by atoms with Crippen molar-refractivity contribution in [2.75, 3.05) is 40.6 Å². The minimum atomic E-state index is -0.788. The average molecular weight is 219 g/mol. The molecule has 1 N–H and O–H groups in total. The Bertz CT molecular complexity index is 186. The summed E-state index contributed by atoms with van der Waals surface area (Å²) in [6, 6.07) is 0. The SMILES string of the molecule is CCOC(=O)C(C)(COCCOC)NC. The van der Waals surface area contributed by atoms with Crippen molar-refractivity contribution in [3.8, 4) is 0 Å². The lowest BCUT2D eigenvalue weighted by molar-refractivity contribution is -0.153. The number of rotatable bonds is 8. The number of hydrogen-bond acceptors (Lipinski definition) is 5. The van der Waals surface area contributed by atoms with E-state index in [0.29, 0.717) is 19.8 Å². The van der Waals surface area contributed by atoms with Crippen LogP contribution in [-0.4, -0.2) is 52.1 Å². The molecule has 0 radical (unpaired) electrons. The van der Waals surface area contributed by atoms with Crippen molar-refractivity contribution in [2.45, 2.75) is 19.4 Å². The molecule has 1 atom stereocenters. The molecule has 0 spiro atoms. The van der Waals surface area contributed by atoms with Gasteiger partial charge in [0, 0.05) is 7.11 Å². The van der Waals surface area contributed by atoms with Crippen molar-refractivity contribution in [1.82, 2.24) is 5.32 Å². The second-order valence-electron chi connectivity index (χ2n) is 3.35. The third kappa shape index (κ3) is 5.11. The van der Waals surface area contributed by atoms with Gasteiger partial charge in [0.2, 0.25) is 0 Å². The van der Waals surface area contributed by atoms with Crippen LogP contribution < -0.4 is 5.32 Å². The number of esters is 1. The number of carbonyl (C=O) groups excluding carboxylic acids is 1. The van der Waals surface area contributed by atoms with Gasteiger partial charge in [0.05, 0.1) is 26.4 Å². The Morgan fingerprint density at radius 3 is 2.53 bits per heavy atom. The van der Waals surface area contributed by atoms with Gasteiger partial charge in [-0.1, -0.05) is 0 Å². The Morgan fingerprint density at radius 1 is 1.40 bits per heavy atom. The van der Waals surface area contributed by atoms with E-state index in [0.717, 1.165) is 0 Å². The van der Waals surface area contributed by atoms with Gasteiger partial charge in [0.1, 0.15) is 5.54 Å². The van der Waals surface area contributed by atoms with Gasteiger partial charge in [0.15, 0.2) is 0 Å². The molecule has 0 saturated carbocycles. The fourth-order valence-electron chi connectivity index (χ4n) is 0.942. The van der Waals surface area contributed by atoms with Crippen molar-refractivity contribution < 1.29 is 19.0 Å². The lowest BCUT2D eigenvalue weighted by Gasteiger charge is -2.26. The van der Waals surface area contributed by atoms with Crippen LogP contribution in [0.4, 0.5) is 0 Å². The van der Waals surface area contributed by atoms with Crippen LogP contribution in [0.1, 0.15) is 13.8 Å². The minimum Gasteiger partial charge on any atom is -0.465 e. The van der Waals surface area contributed by atoms with Crippen LogP contribution in [0.5, 0.6) is 0 Å². The molecule has 90 valence electrons. The molecule has 0 heterocycles. The van der Waals surface area contributed by atoms with E-state index in [9.17, 15) is 4.79 Å². The topological polar surface area (TPSA) is 56.8 Å². The zero-order valence-electron chi connectivity index (χ0n) is 9.96. The van der Waals surface area contributed by atoms with E-state index in [1.807, 2.05) is 0 Å². The van der Waals surface area contributed by atoms with Gasteiger partial charge in [-0.2, -0.15) is 0 Å². The second kappa shape index (κ2) is 7.62. The molecule has 1 unspecified atom stereocenters. The fraction of sp³-hybridized carbons (Fsp3) is 0.900. The zero-order valence-corrected chi connectivity index (χ0v) is 9.96. The van der Waals surface area contributed by atoms with E-state index in [4.69, 9.17) is 14.2 Å². The predicted molar refractivity (Wildman–Crippen MR) is 56.8 cm³/mol. The van der Waals surface area contributed by atoms with E-state index in [1.165, 1.54) is 0 Å². The van der Waals surface area contributed by atoms with E-state index < -0.39 is 5.54 Å². The third-order valence-electron chi connectivity index (χ3n) is 2.10. The highest BCUT2D eigenvalue weighted by atomic mass is 16.5. The fourth-order valence-corrected chi connectivity index (χ4v) is 0.942. The van der Waals surface area contributed by atoms with Crippen molar-refractivity contribution >= 4 is 5.97 Å². The molecule has 5 nitrogen and oxygen atoms in total. The summed E-state index contributed by atoms with van der Waals surface area (Å²) in [4.78, 5) is 11.6. The van der Waals surface area contributed by atoms with E-state index in [2.05, 4.69) is 5.32 Å². The second-order valence-corrected chi connectivity index (χ2v) is 3.35. The maximum absolute atomic E-state index is 11.6. The monoisotopic (exact) mass is 219 g/mol. The molecular weight excluding hydrogens is 198 g/mol. The summed E-state index contributed by atoms with van der Waals surface area (Å²) in [5.74, 6) is -0.301. The molecule has 0 aromatic carbocycles. The summed E-state index contributed by atoms with van der Waals surface area (Å²) in [5.41, 5.74) is -0.788. The Balaban J connectivity index is 4.00. The summed E-state index contributed by atoms with van der Waals surface area (Å²) in [5, 5.41) is 2.90. The quantitative estimate of drug-likeness (QED) is 0.466. The summed E-state index contributed by atoms with van der Waals surface area (Å²) in [7, 11) is 3.31. The van der Waals surface area contributed by atoms with Crippen LogP contribution in [0.25, 0.3) is 0 Å². The average Bonchev–Trinajstić information content (AvgIpc) is 2.24. The number of likely N-dealkylation sites (N-methyl/N-ethyl adjacent to an activating group) is 1. The highest BCUT2D eigenvalue weighted by Crippen LogP contribution is 2.06. The van der Waals surface area contributed by atoms with Crippen LogP contribution in [0.3, 0.4) is 0 Å². The summed E-state index contributed by atoms with van der Waals surface area (Å²) >= 11 is 0. The molecule has 15 heavy (non-hydrogen) atoms. The highest BCUT2D eigenvalue weighted by Gasteiger charge is 2.33. The highest BCUT2D eigenvalue weighted by molar-refractivity contribution is 5.80. The van der Waals surface area contributed by atoms with Gasteiger partial charge < -0.3 is 19.5 Å². The molecule has 0 saturated heterocycles. The summed E-state index contributed by atoms with van der Waals surface area (Å²) < 4.78 is 15.1. The Morgan fingerprint density at radius 2 is 2.07 bits per heavy atom. The molecule has 0 fully saturated rings. The number of carbonyl (C=O) groups is 1. The molecule has 0 bridgehead atoms. The Hall–Kier alpha value is -0.650. The van der Waals surface area contributed by atoms with Crippen LogP contribution in [0.15, 0.2) is 0 Å². The molecule has 0 aromatic rings. The summed E-state index contributed by atoms with van der Waals surface area (Å²) in [6.07, 6.45) is 0. The van der Waals surface area contributed by atoms with Gasteiger partial charge in [-0.3, -0.25) is 0 Å². The van der Waals surface area contributed by atoms with E-state index >= 15 is 0 Å². The van der Waals surface area contributed by atoms with Crippen molar-refractivity contribution in [3.05, 3.63) is 0 Å². The smallest absolute Gasteiger partial charge is 0.328 e. The van der Waals surface area contributed by atoms with Gasteiger partial charge in [0.25, 0.3) is 0 Å². The summed E-state index contributed by atoms with van der Waals surface area (Å²) in [6.45, 7) is 5.15. The number of nitrogens with one attached hydrogen (secondary N) is 1. The third-order valence-corrected chi connectivity index (χ3v) is 2.10. The zero-order chi connectivity index (χ0) is 11.7. The molecule has 0 aromatic heterocycles. The first-order valence-electron chi connectivity index (χ1n) is 5.03. The predicted octanol–water partition coefficient (Wildman–Crippen LogP) is 0.191. The van der Waals surface area contributed by atoms with Gasteiger partial charge >= 0.3 is 5.97 Å². The maximum atomic E-state index is 11.6. The van der Waals surface area contributed by atoms with E-state index in [1.54, 1.807) is 28.0 Å². The number of ether oxygens (including phenoxy) is 3. The minimum absolute atomic E-state index is 0.270. The Kier molecular flexibility index (Phi) is 7.29. The van der Waals surface area contributed by atoms with Crippen molar-refractivity contribution in [1.29, 1.82) is 0 Å². The molecule has 0 aliphatic rings. The lowest BCUT2D eigenvalue weighted by atomic mass is 10.1. The number of methoxy groups -OCH3 is 1. The first-order chi connectivity index (χ1) is 7.10. The molecular formula is C10H21NO4. The maximum Gasteiger partial charge on any atom is 0.328 e. The largest absolute Gasteiger partial charge is 0.465 e. The van der Waals surface area contributed by atoms with Crippen LogP contribution in [0, 0.1) is 0 Å². The van der Waals surface area contributed by atoms with Crippen LogP contribution in [-0.2, 0) is 19.0 Å².